The van der Waals surface area contributed by atoms with Crippen molar-refractivity contribution in [2.45, 2.75) is 73.0 Å². The summed E-state index contributed by atoms with van der Waals surface area (Å²) in [6.45, 7) is 17.2. The van der Waals surface area contributed by atoms with E-state index in [-0.39, 0.29) is 22.8 Å². The zero-order chi connectivity index (χ0) is 29.7. The number of phenolic OH excluding ortho intramolecular Hbond substituents is 1. The Hall–Kier alpha value is -3.23. The van der Waals surface area contributed by atoms with Gasteiger partial charge in [0.05, 0.1) is 17.2 Å². The number of hydrogen-bond acceptors (Lipinski definition) is 8. The van der Waals surface area contributed by atoms with Crippen LogP contribution in [0, 0.1) is 28.6 Å². The van der Waals surface area contributed by atoms with Gasteiger partial charge in [-0.2, -0.15) is 0 Å². The lowest BCUT2D eigenvalue weighted by Crippen LogP contribution is -2.75. The van der Waals surface area contributed by atoms with Gasteiger partial charge in [-0.1, -0.05) is 61.1 Å². The molecule has 8 nitrogen and oxygen atoms in total. The Morgan fingerprint density at radius 2 is 1.62 bits per heavy atom. The van der Waals surface area contributed by atoms with Crippen molar-refractivity contribution in [3.05, 3.63) is 52.3 Å². The monoisotopic (exact) mass is 538 g/mol. The summed E-state index contributed by atoms with van der Waals surface area (Å²) in [7, 11) is 0. The number of allylic oxidation sites excluding steroid dienone is 2. The third-order valence-electron chi connectivity index (χ3n) is 9.86. The number of hydrogen-bond donors (Lipinski definition) is 5. The highest BCUT2D eigenvalue weighted by molar-refractivity contribution is 6.24. The maximum Gasteiger partial charge on any atom is 0.203 e. The van der Waals surface area contributed by atoms with Crippen LogP contribution in [0.3, 0.4) is 0 Å². The molecule has 0 saturated heterocycles. The Balaban J connectivity index is 2.19. The maximum absolute atomic E-state index is 14.4. The van der Waals surface area contributed by atoms with Gasteiger partial charge in [-0.25, -0.2) is 0 Å². The molecule has 1 aromatic carbocycles. The van der Waals surface area contributed by atoms with Gasteiger partial charge < -0.3 is 25.5 Å². The largest absolute Gasteiger partial charge is 0.508 e. The van der Waals surface area contributed by atoms with E-state index >= 15 is 0 Å². The molecule has 0 amide bonds. The zero-order valence-electron chi connectivity index (χ0n) is 23.7. The average Bonchev–Trinajstić information content (AvgIpc) is 2.83. The number of Topliss-reactive ketones (excluding diaryl/α,β-unsaturated/α-hetero) is 3. The standard InChI is InChI=1S/C31H38O8/c1-12(2)14(5)17-10-11-18(33)21-19(17)15(6)29(8)23(25(21)35)27(37)31(39)26(36)20(16(7)32)24(34)22(13(3)4)30(31,9)28(29)38/h10-13,15,22,28,33,35-36,38-39H,5H2,1-4,6-9H3/t15-,22?,28-,29+,30+,31+/m1/s1. The maximum atomic E-state index is 14.4. The first-order valence-electron chi connectivity index (χ1n) is 13.3. The van der Waals surface area contributed by atoms with Crippen LogP contribution in [-0.4, -0.2) is 54.6 Å². The van der Waals surface area contributed by atoms with Crippen molar-refractivity contribution in [1.29, 1.82) is 0 Å². The van der Waals surface area contributed by atoms with E-state index in [0.29, 0.717) is 11.1 Å². The first kappa shape index (κ1) is 28.8. The highest BCUT2D eigenvalue weighted by Crippen LogP contribution is 2.68. The minimum absolute atomic E-state index is 0.0000574. The molecule has 3 aliphatic rings. The molecule has 210 valence electrons. The highest BCUT2D eigenvalue weighted by atomic mass is 16.4. The second-order valence-corrected chi connectivity index (χ2v) is 12.4. The van der Waals surface area contributed by atoms with Crippen LogP contribution in [0.25, 0.3) is 11.3 Å². The molecule has 0 bridgehead atoms. The molecule has 4 rings (SSSR count). The molecule has 1 saturated carbocycles. The normalized spacial score (nSPS) is 34.3. The third-order valence-corrected chi connectivity index (χ3v) is 9.86. The molecule has 0 aliphatic heterocycles. The summed E-state index contributed by atoms with van der Waals surface area (Å²) in [6, 6.07) is 3.06. The Kier molecular flexibility index (Phi) is 6.37. The molecular formula is C31H38O8. The van der Waals surface area contributed by atoms with Crippen LogP contribution in [0.1, 0.15) is 78.0 Å². The van der Waals surface area contributed by atoms with Gasteiger partial charge in [0.15, 0.2) is 17.2 Å². The number of phenols is 1. The Labute approximate surface area is 228 Å². The number of aliphatic hydroxyl groups is 4. The summed E-state index contributed by atoms with van der Waals surface area (Å²) in [5, 5.41) is 58.2. The van der Waals surface area contributed by atoms with Gasteiger partial charge >= 0.3 is 0 Å². The summed E-state index contributed by atoms with van der Waals surface area (Å²) in [6.07, 6.45) is -1.66. The topological polar surface area (TPSA) is 152 Å². The van der Waals surface area contributed by atoms with Gasteiger partial charge in [0, 0.05) is 16.7 Å². The lowest BCUT2D eigenvalue weighted by Gasteiger charge is -2.63. The number of benzene rings is 1. The van der Waals surface area contributed by atoms with Gasteiger partial charge in [0.1, 0.15) is 22.8 Å². The van der Waals surface area contributed by atoms with Gasteiger partial charge in [-0.15, -0.1) is 0 Å². The molecule has 0 heterocycles. The molecule has 0 spiro atoms. The minimum atomic E-state index is -2.90. The van der Waals surface area contributed by atoms with E-state index in [0.717, 1.165) is 12.5 Å². The highest BCUT2D eigenvalue weighted by Gasteiger charge is 2.77. The summed E-state index contributed by atoms with van der Waals surface area (Å²) in [5.41, 5.74) is -5.71. The van der Waals surface area contributed by atoms with Crippen LogP contribution in [0.5, 0.6) is 5.75 Å². The number of fused-ring (bicyclic) bond motifs is 3. The van der Waals surface area contributed by atoms with Crippen LogP contribution in [0.4, 0.5) is 0 Å². The van der Waals surface area contributed by atoms with Crippen molar-refractivity contribution in [3.63, 3.8) is 0 Å². The molecule has 1 unspecified atom stereocenters. The van der Waals surface area contributed by atoms with Crippen molar-refractivity contribution in [2.24, 2.45) is 28.6 Å². The molecule has 39 heavy (non-hydrogen) atoms. The van der Waals surface area contributed by atoms with Crippen LogP contribution >= 0.6 is 0 Å². The molecule has 1 aromatic rings. The molecule has 0 radical (unpaired) electrons. The van der Waals surface area contributed by atoms with Crippen molar-refractivity contribution in [2.75, 3.05) is 0 Å². The lowest BCUT2D eigenvalue weighted by molar-refractivity contribution is -0.215. The smallest absolute Gasteiger partial charge is 0.203 e. The fraction of sp³-hybridized carbons (Fsp3) is 0.516. The molecule has 3 aliphatic carbocycles. The average molecular weight is 539 g/mol. The number of carbonyl (C=O) groups is 3. The van der Waals surface area contributed by atoms with Crippen molar-refractivity contribution in [3.8, 4) is 5.75 Å². The number of aliphatic hydroxyl groups excluding tert-OH is 3. The summed E-state index contributed by atoms with van der Waals surface area (Å²) in [4.78, 5) is 40.6. The van der Waals surface area contributed by atoms with Gasteiger partial charge in [-0.3, -0.25) is 14.4 Å². The predicted octanol–water partition coefficient (Wildman–Crippen LogP) is 4.39. The molecular weight excluding hydrogens is 500 g/mol. The van der Waals surface area contributed by atoms with Crippen LogP contribution < -0.4 is 0 Å². The van der Waals surface area contributed by atoms with Gasteiger partial charge in [0.2, 0.25) is 5.78 Å². The molecule has 8 heteroatoms. The fourth-order valence-corrected chi connectivity index (χ4v) is 7.58. The van der Waals surface area contributed by atoms with Crippen LogP contribution in [0.15, 0.2) is 35.6 Å². The van der Waals surface area contributed by atoms with E-state index in [4.69, 9.17) is 0 Å². The molecule has 1 fully saturated rings. The van der Waals surface area contributed by atoms with E-state index < -0.39 is 74.7 Å². The van der Waals surface area contributed by atoms with Gasteiger partial charge in [0.25, 0.3) is 0 Å². The Morgan fingerprint density at radius 3 is 2.10 bits per heavy atom. The number of carbonyl (C=O) groups excluding carboxylic acids is 3. The second kappa shape index (κ2) is 8.63. The lowest BCUT2D eigenvalue weighted by atomic mass is 9.40. The Bertz CT molecular complexity index is 1410. The predicted molar refractivity (Wildman–Crippen MR) is 146 cm³/mol. The van der Waals surface area contributed by atoms with E-state index in [1.807, 2.05) is 13.8 Å². The third kappa shape index (κ3) is 3.16. The molecule has 5 N–H and O–H groups in total. The number of aromatic hydroxyl groups is 1. The number of rotatable bonds is 4. The van der Waals surface area contributed by atoms with Crippen molar-refractivity contribution < 1.29 is 39.9 Å². The zero-order valence-corrected chi connectivity index (χ0v) is 23.7. The van der Waals surface area contributed by atoms with E-state index in [1.165, 1.54) is 13.0 Å². The summed E-state index contributed by atoms with van der Waals surface area (Å²) in [5.74, 6) is -7.29. The first-order valence-corrected chi connectivity index (χ1v) is 13.3. The molecule has 6 atom stereocenters. The summed E-state index contributed by atoms with van der Waals surface area (Å²) >= 11 is 0. The fourth-order valence-electron chi connectivity index (χ4n) is 7.58. The van der Waals surface area contributed by atoms with Crippen molar-refractivity contribution >= 4 is 28.7 Å². The first-order chi connectivity index (χ1) is 17.8. The quantitative estimate of drug-likeness (QED) is 0.354. The SMILES string of the molecule is C=C(c1ccc(O)c2c1[C@@H](C)[C@@]1(C)C(=C2O)C(=O)[C@@]2(O)C(O)=C(C(C)=O)C(=O)C(C(C)C)[C@@]2(C)[C@@H]1O)C(C)C. The Morgan fingerprint density at radius 1 is 1.05 bits per heavy atom. The van der Waals surface area contributed by atoms with Crippen molar-refractivity contribution in [1.82, 2.24) is 0 Å². The van der Waals surface area contributed by atoms with Crippen LogP contribution in [-0.2, 0) is 14.4 Å². The minimum Gasteiger partial charge on any atom is -0.508 e. The van der Waals surface area contributed by atoms with Crippen LogP contribution in [0.2, 0.25) is 0 Å². The summed E-state index contributed by atoms with van der Waals surface area (Å²) < 4.78 is 0. The number of ketones is 3. The van der Waals surface area contributed by atoms with E-state index in [1.54, 1.807) is 33.8 Å². The molecule has 0 aromatic heterocycles. The van der Waals surface area contributed by atoms with E-state index in [9.17, 15) is 39.9 Å². The van der Waals surface area contributed by atoms with E-state index in [2.05, 4.69) is 6.58 Å². The van der Waals surface area contributed by atoms with Gasteiger partial charge in [-0.05, 0) is 47.4 Å². The second-order valence-electron chi connectivity index (χ2n) is 12.4.